The first-order valence-electron chi connectivity index (χ1n) is 6.62. The van der Waals surface area contributed by atoms with Gasteiger partial charge in [-0.1, -0.05) is 32.6 Å². The zero-order chi connectivity index (χ0) is 11.9. The van der Waals surface area contributed by atoms with Crippen LogP contribution in [0.5, 0.6) is 0 Å². The maximum absolute atomic E-state index is 9.11. The van der Waals surface area contributed by atoms with E-state index >= 15 is 0 Å². The second-order valence-corrected chi connectivity index (χ2v) is 5.60. The van der Waals surface area contributed by atoms with Crippen LogP contribution in [0.25, 0.3) is 0 Å². The minimum Gasteiger partial charge on any atom is -0.396 e. The lowest BCUT2D eigenvalue weighted by Gasteiger charge is -2.25. The van der Waals surface area contributed by atoms with E-state index in [4.69, 9.17) is 10.2 Å². The van der Waals surface area contributed by atoms with Crippen molar-refractivity contribution >= 4 is 0 Å². The van der Waals surface area contributed by atoms with E-state index in [2.05, 4.69) is 5.32 Å². The van der Waals surface area contributed by atoms with Crippen molar-refractivity contribution in [2.75, 3.05) is 26.3 Å². The van der Waals surface area contributed by atoms with E-state index in [9.17, 15) is 0 Å². The molecule has 0 heterocycles. The molecule has 0 aliphatic heterocycles. The van der Waals surface area contributed by atoms with Gasteiger partial charge in [-0.25, -0.2) is 0 Å². The molecule has 0 aromatic rings. The molecule has 16 heavy (non-hydrogen) atoms. The van der Waals surface area contributed by atoms with Crippen LogP contribution in [0.2, 0.25) is 0 Å². The minimum absolute atomic E-state index is 0.0408. The quantitative estimate of drug-likeness (QED) is 0.553. The standard InChI is InChI=1S/C13H27NO2/c1-13(10-15,11-16)9-14-8-4-7-12-5-2-3-6-12/h12,14-16H,2-11H2,1H3. The van der Waals surface area contributed by atoms with Crippen molar-refractivity contribution < 1.29 is 10.2 Å². The van der Waals surface area contributed by atoms with E-state index < -0.39 is 0 Å². The Hall–Kier alpha value is -0.120. The molecular weight excluding hydrogens is 202 g/mol. The van der Waals surface area contributed by atoms with Crippen LogP contribution < -0.4 is 5.32 Å². The molecule has 0 amide bonds. The molecule has 0 atom stereocenters. The fourth-order valence-corrected chi connectivity index (χ4v) is 2.37. The highest BCUT2D eigenvalue weighted by molar-refractivity contribution is 4.75. The Morgan fingerprint density at radius 3 is 2.38 bits per heavy atom. The number of hydrogen-bond acceptors (Lipinski definition) is 3. The molecule has 1 saturated carbocycles. The van der Waals surface area contributed by atoms with Crippen molar-refractivity contribution in [2.24, 2.45) is 11.3 Å². The summed E-state index contributed by atoms with van der Waals surface area (Å²) in [6, 6.07) is 0. The Labute approximate surface area is 99.3 Å². The molecule has 3 N–H and O–H groups in total. The Balaban J connectivity index is 1.98. The summed E-state index contributed by atoms with van der Waals surface area (Å²) in [4.78, 5) is 0. The van der Waals surface area contributed by atoms with Crippen molar-refractivity contribution in [3.05, 3.63) is 0 Å². The summed E-state index contributed by atoms with van der Waals surface area (Å²) >= 11 is 0. The van der Waals surface area contributed by atoms with Crippen LogP contribution in [0.3, 0.4) is 0 Å². The number of hydrogen-bond donors (Lipinski definition) is 3. The Morgan fingerprint density at radius 1 is 1.19 bits per heavy atom. The van der Waals surface area contributed by atoms with Crippen molar-refractivity contribution in [1.29, 1.82) is 0 Å². The van der Waals surface area contributed by atoms with Crippen LogP contribution in [0.1, 0.15) is 45.4 Å². The first kappa shape index (κ1) is 13.9. The monoisotopic (exact) mass is 229 g/mol. The molecule has 0 aromatic carbocycles. The third kappa shape index (κ3) is 4.81. The molecule has 0 unspecified atom stereocenters. The van der Waals surface area contributed by atoms with E-state index in [1.54, 1.807) is 0 Å². The fourth-order valence-electron chi connectivity index (χ4n) is 2.37. The van der Waals surface area contributed by atoms with Crippen LogP contribution in [0.4, 0.5) is 0 Å². The first-order chi connectivity index (χ1) is 7.70. The zero-order valence-electron chi connectivity index (χ0n) is 10.5. The van der Waals surface area contributed by atoms with Gasteiger partial charge in [-0.2, -0.15) is 0 Å². The normalized spacial score (nSPS) is 18.2. The van der Waals surface area contributed by atoms with Crippen LogP contribution in [0.15, 0.2) is 0 Å². The average molecular weight is 229 g/mol. The number of aliphatic hydroxyl groups is 2. The van der Waals surface area contributed by atoms with Crippen LogP contribution in [-0.2, 0) is 0 Å². The summed E-state index contributed by atoms with van der Waals surface area (Å²) in [7, 11) is 0. The lowest BCUT2D eigenvalue weighted by atomic mass is 9.93. The van der Waals surface area contributed by atoms with Gasteiger partial charge in [-0.3, -0.25) is 0 Å². The molecule has 96 valence electrons. The van der Waals surface area contributed by atoms with Gasteiger partial charge in [0.2, 0.25) is 0 Å². The summed E-state index contributed by atoms with van der Waals surface area (Å²) in [6.07, 6.45) is 8.24. The first-order valence-corrected chi connectivity index (χ1v) is 6.62. The van der Waals surface area contributed by atoms with Gasteiger partial charge in [0.15, 0.2) is 0 Å². The molecule has 1 aliphatic carbocycles. The maximum atomic E-state index is 9.11. The Morgan fingerprint density at radius 2 is 1.81 bits per heavy atom. The predicted molar refractivity (Wildman–Crippen MR) is 66.3 cm³/mol. The minimum atomic E-state index is -0.368. The van der Waals surface area contributed by atoms with Gasteiger partial charge in [0.05, 0.1) is 13.2 Å². The number of nitrogens with one attached hydrogen (secondary N) is 1. The van der Waals surface area contributed by atoms with Crippen LogP contribution >= 0.6 is 0 Å². The smallest absolute Gasteiger partial charge is 0.0518 e. The summed E-state index contributed by atoms with van der Waals surface area (Å²) in [5.41, 5.74) is -0.368. The SMILES string of the molecule is CC(CO)(CO)CNCCCC1CCCC1. The lowest BCUT2D eigenvalue weighted by molar-refractivity contribution is 0.0698. The van der Waals surface area contributed by atoms with E-state index in [0.29, 0.717) is 6.54 Å². The lowest BCUT2D eigenvalue weighted by Crippen LogP contribution is -2.38. The van der Waals surface area contributed by atoms with Crippen molar-refractivity contribution in [2.45, 2.75) is 45.4 Å². The third-order valence-corrected chi connectivity index (χ3v) is 3.76. The van der Waals surface area contributed by atoms with Crippen molar-refractivity contribution in [3.63, 3.8) is 0 Å². The van der Waals surface area contributed by atoms with Crippen LogP contribution in [0, 0.1) is 11.3 Å². The predicted octanol–water partition coefficient (Wildman–Crippen LogP) is 1.54. The van der Waals surface area contributed by atoms with Gasteiger partial charge >= 0.3 is 0 Å². The van der Waals surface area contributed by atoms with Gasteiger partial charge in [0.25, 0.3) is 0 Å². The summed E-state index contributed by atoms with van der Waals surface area (Å²) < 4.78 is 0. The molecule has 1 aliphatic rings. The van der Waals surface area contributed by atoms with Gasteiger partial charge in [0.1, 0.15) is 0 Å². The molecule has 1 fully saturated rings. The summed E-state index contributed by atoms with van der Waals surface area (Å²) in [5.74, 6) is 0.962. The molecule has 0 saturated heterocycles. The average Bonchev–Trinajstić information content (AvgIpc) is 2.81. The number of rotatable bonds is 8. The van der Waals surface area contributed by atoms with E-state index in [0.717, 1.165) is 12.5 Å². The molecule has 3 nitrogen and oxygen atoms in total. The number of aliphatic hydroxyl groups excluding tert-OH is 2. The highest BCUT2D eigenvalue weighted by Crippen LogP contribution is 2.28. The summed E-state index contributed by atoms with van der Waals surface area (Å²) in [5, 5.41) is 21.6. The van der Waals surface area contributed by atoms with Crippen molar-refractivity contribution in [3.8, 4) is 0 Å². The maximum Gasteiger partial charge on any atom is 0.0518 e. The van der Waals surface area contributed by atoms with Crippen LogP contribution in [-0.4, -0.2) is 36.5 Å². The molecular formula is C13H27NO2. The highest BCUT2D eigenvalue weighted by Gasteiger charge is 2.21. The second-order valence-electron chi connectivity index (χ2n) is 5.60. The Bertz CT molecular complexity index is 175. The molecule has 0 radical (unpaired) electrons. The van der Waals surface area contributed by atoms with Gasteiger partial charge in [-0.15, -0.1) is 0 Å². The van der Waals surface area contributed by atoms with E-state index in [1.807, 2.05) is 6.92 Å². The Kier molecular flexibility index (Phi) is 6.32. The molecule has 3 heteroatoms. The second kappa shape index (κ2) is 7.25. The largest absolute Gasteiger partial charge is 0.396 e. The molecule has 0 bridgehead atoms. The highest BCUT2D eigenvalue weighted by atomic mass is 16.3. The molecule has 0 spiro atoms. The van der Waals surface area contributed by atoms with E-state index in [-0.39, 0.29) is 18.6 Å². The third-order valence-electron chi connectivity index (χ3n) is 3.76. The summed E-state index contributed by atoms with van der Waals surface area (Å²) in [6.45, 7) is 3.69. The zero-order valence-corrected chi connectivity index (χ0v) is 10.5. The van der Waals surface area contributed by atoms with Gasteiger partial charge in [-0.05, 0) is 25.3 Å². The molecule has 0 aromatic heterocycles. The van der Waals surface area contributed by atoms with Gasteiger partial charge in [0, 0.05) is 12.0 Å². The van der Waals surface area contributed by atoms with E-state index in [1.165, 1.54) is 38.5 Å². The van der Waals surface area contributed by atoms with Crippen molar-refractivity contribution in [1.82, 2.24) is 5.32 Å². The molecule has 1 rings (SSSR count). The van der Waals surface area contributed by atoms with Gasteiger partial charge < -0.3 is 15.5 Å². The topological polar surface area (TPSA) is 52.5 Å². The fraction of sp³-hybridized carbons (Fsp3) is 1.00.